The molecule has 5 rings (SSSR count). The third-order valence-corrected chi connectivity index (χ3v) is 8.52. The molecule has 2 amide bonds. The highest BCUT2D eigenvalue weighted by molar-refractivity contribution is 7.90. The van der Waals surface area contributed by atoms with Crippen LogP contribution in [0.4, 0.5) is 8.78 Å². The summed E-state index contributed by atoms with van der Waals surface area (Å²) in [5, 5.41) is 2.24. The van der Waals surface area contributed by atoms with Crippen LogP contribution in [0.25, 0.3) is 16.8 Å². The number of hydrogen-bond donors (Lipinski definition) is 1. The van der Waals surface area contributed by atoms with Crippen molar-refractivity contribution in [3.63, 3.8) is 0 Å². The van der Waals surface area contributed by atoms with Crippen LogP contribution in [-0.2, 0) is 27.8 Å². The number of fused-ring (bicyclic) bond motifs is 1. The first-order valence-electron chi connectivity index (χ1n) is 14.3. The van der Waals surface area contributed by atoms with E-state index in [1.54, 1.807) is 54.4 Å². The quantitative estimate of drug-likeness (QED) is 0.166. The lowest BCUT2D eigenvalue weighted by atomic mass is 10.1. The molecule has 0 atom stereocenters. The molecule has 0 saturated carbocycles. The van der Waals surface area contributed by atoms with Gasteiger partial charge in [-0.2, -0.15) is 0 Å². The molecule has 1 N–H and O–H groups in total. The van der Waals surface area contributed by atoms with Gasteiger partial charge in [0.05, 0.1) is 11.5 Å². The molecule has 0 fully saturated rings. The Morgan fingerprint density at radius 3 is 2.28 bits per heavy atom. The van der Waals surface area contributed by atoms with E-state index in [1.165, 1.54) is 6.08 Å². The van der Waals surface area contributed by atoms with Crippen LogP contribution >= 0.6 is 0 Å². The second-order valence-corrected chi connectivity index (χ2v) is 12.2. The summed E-state index contributed by atoms with van der Waals surface area (Å²) in [6.07, 6.45) is 3.00. The first kappa shape index (κ1) is 32.1. The standard InChI is InChI=1S/C36H30F2N2O5S/c1-40(36(42)29-8-3-2-4-9-29)24-26-12-14-28(15-18-35(41)39-46(43,44)31-16-17-32(37)33(38)23-31)34(22-26)45-20-19-25-11-13-27-7-5-6-10-30(27)21-25/h2-18,21-23H,19-20,24H2,1H3,(H,39,41). The van der Waals surface area contributed by atoms with Crippen LogP contribution < -0.4 is 9.46 Å². The van der Waals surface area contributed by atoms with E-state index in [1.807, 2.05) is 47.2 Å². The number of amides is 2. The van der Waals surface area contributed by atoms with Gasteiger partial charge in [0.2, 0.25) is 0 Å². The topological polar surface area (TPSA) is 92.8 Å². The molecule has 0 spiro atoms. The molecule has 10 heteroatoms. The SMILES string of the molecule is CN(Cc1ccc(C=CC(=O)NS(=O)(=O)c2ccc(F)c(F)c2)c(OCCc2ccc3ccccc3c2)c1)C(=O)c1ccccc1. The number of ether oxygens (including phenoxy) is 1. The fraction of sp³-hybridized carbons (Fsp3) is 0.111. The van der Waals surface area contributed by atoms with Gasteiger partial charge in [-0.05, 0) is 64.4 Å². The van der Waals surface area contributed by atoms with E-state index in [9.17, 15) is 26.8 Å². The Bertz CT molecular complexity index is 2030. The van der Waals surface area contributed by atoms with Crippen molar-refractivity contribution >= 4 is 38.7 Å². The van der Waals surface area contributed by atoms with Crippen molar-refractivity contribution in [2.45, 2.75) is 17.9 Å². The van der Waals surface area contributed by atoms with E-state index >= 15 is 0 Å². The summed E-state index contributed by atoms with van der Waals surface area (Å²) in [5.41, 5.74) is 2.89. The Kier molecular flexibility index (Phi) is 9.88. The normalized spacial score (nSPS) is 11.5. The maximum Gasteiger partial charge on any atom is 0.264 e. The lowest BCUT2D eigenvalue weighted by Gasteiger charge is -2.19. The van der Waals surface area contributed by atoms with Gasteiger partial charge in [-0.25, -0.2) is 21.9 Å². The van der Waals surface area contributed by atoms with Gasteiger partial charge in [-0.3, -0.25) is 9.59 Å². The fourth-order valence-electron chi connectivity index (χ4n) is 4.79. The van der Waals surface area contributed by atoms with Gasteiger partial charge in [0.1, 0.15) is 5.75 Å². The molecule has 0 aliphatic carbocycles. The lowest BCUT2D eigenvalue weighted by Crippen LogP contribution is -2.29. The second kappa shape index (κ2) is 14.2. The van der Waals surface area contributed by atoms with Crippen LogP contribution in [0.5, 0.6) is 5.75 Å². The number of benzene rings is 5. The minimum atomic E-state index is -4.45. The first-order valence-corrected chi connectivity index (χ1v) is 15.8. The van der Waals surface area contributed by atoms with Crippen molar-refractivity contribution in [1.82, 2.24) is 9.62 Å². The number of carbonyl (C=O) groups is 2. The predicted octanol–water partition coefficient (Wildman–Crippen LogP) is 6.53. The van der Waals surface area contributed by atoms with Crippen molar-refractivity contribution < 1.29 is 31.5 Å². The summed E-state index contributed by atoms with van der Waals surface area (Å²) in [7, 11) is -2.76. The van der Waals surface area contributed by atoms with Crippen LogP contribution in [0, 0.1) is 11.6 Å². The zero-order valence-corrected chi connectivity index (χ0v) is 25.6. The molecule has 0 unspecified atom stereocenters. The van der Waals surface area contributed by atoms with Gasteiger partial charge >= 0.3 is 0 Å². The Morgan fingerprint density at radius 1 is 0.804 bits per heavy atom. The number of carbonyl (C=O) groups excluding carboxylic acids is 2. The van der Waals surface area contributed by atoms with Crippen molar-refractivity contribution in [3.05, 3.63) is 149 Å². The van der Waals surface area contributed by atoms with Crippen molar-refractivity contribution in [3.8, 4) is 5.75 Å². The molecule has 46 heavy (non-hydrogen) atoms. The van der Waals surface area contributed by atoms with Crippen LogP contribution in [-0.4, -0.2) is 38.8 Å². The summed E-state index contributed by atoms with van der Waals surface area (Å²) in [5.74, 6) is -3.29. The van der Waals surface area contributed by atoms with Gasteiger partial charge in [-0.15, -0.1) is 0 Å². The number of nitrogens with one attached hydrogen (secondary N) is 1. The molecule has 0 aromatic heterocycles. The largest absolute Gasteiger partial charge is 0.493 e. The molecule has 0 bridgehead atoms. The molecular weight excluding hydrogens is 610 g/mol. The van der Waals surface area contributed by atoms with Gasteiger partial charge in [0.25, 0.3) is 21.8 Å². The molecule has 7 nitrogen and oxygen atoms in total. The Hall–Kier alpha value is -5.35. The lowest BCUT2D eigenvalue weighted by molar-refractivity contribution is -0.114. The average Bonchev–Trinajstić information content (AvgIpc) is 3.05. The Balaban J connectivity index is 1.33. The van der Waals surface area contributed by atoms with E-state index in [0.29, 0.717) is 42.0 Å². The first-order chi connectivity index (χ1) is 22.1. The smallest absolute Gasteiger partial charge is 0.264 e. The summed E-state index contributed by atoms with van der Waals surface area (Å²) >= 11 is 0. The highest BCUT2D eigenvalue weighted by atomic mass is 32.2. The van der Waals surface area contributed by atoms with E-state index in [4.69, 9.17) is 4.74 Å². The summed E-state index contributed by atoms with van der Waals surface area (Å²) in [4.78, 5) is 26.5. The highest BCUT2D eigenvalue weighted by Crippen LogP contribution is 2.24. The van der Waals surface area contributed by atoms with Crippen molar-refractivity contribution in [1.29, 1.82) is 0 Å². The van der Waals surface area contributed by atoms with Gasteiger partial charge in [-0.1, -0.05) is 72.8 Å². The zero-order chi connectivity index (χ0) is 32.7. The maximum atomic E-state index is 13.6. The van der Waals surface area contributed by atoms with Crippen LogP contribution in [0.15, 0.2) is 120 Å². The average molecular weight is 641 g/mol. The zero-order valence-electron chi connectivity index (χ0n) is 24.8. The minimum Gasteiger partial charge on any atom is -0.493 e. The summed E-state index contributed by atoms with van der Waals surface area (Å²) in [6, 6.07) is 30.4. The molecule has 5 aromatic rings. The van der Waals surface area contributed by atoms with Gasteiger partial charge in [0, 0.05) is 37.2 Å². The van der Waals surface area contributed by atoms with Crippen molar-refractivity contribution in [2.24, 2.45) is 0 Å². The Labute approximate surface area is 265 Å². The monoisotopic (exact) mass is 640 g/mol. The van der Waals surface area contributed by atoms with E-state index in [2.05, 4.69) is 6.07 Å². The van der Waals surface area contributed by atoms with Crippen molar-refractivity contribution in [2.75, 3.05) is 13.7 Å². The highest BCUT2D eigenvalue weighted by Gasteiger charge is 2.19. The van der Waals surface area contributed by atoms with E-state index < -0.39 is 32.5 Å². The molecule has 0 radical (unpaired) electrons. The third-order valence-electron chi connectivity index (χ3n) is 7.18. The van der Waals surface area contributed by atoms with Crippen LogP contribution in [0.2, 0.25) is 0 Å². The summed E-state index contributed by atoms with van der Waals surface area (Å²) in [6.45, 7) is 0.587. The Morgan fingerprint density at radius 2 is 1.52 bits per heavy atom. The minimum absolute atomic E-state index is 0.151. The van der Waals surface area contributed by atoms with Gasteiger partial charge in [0.15, 0.2) is 11.6 Å². The number of hydrogen-bond acceptors (Lipinski definition) is 5. The molecule has 0 aliphatic rings. The molecule has 5 aromatic carbocycles. The summed E-state index contributed by atoms with van der Waals surface area (Å²) < 4.78 is 59.9. The third kappa shape index (κ3) is 8.02. The molecule has 234 valence electrons. The maximum absolute atomic E-state index is 13.6. The number of sulfonamides is 1. The number of halogens is 2. The number of nitrogens with zero attached hydrogens (tertiary/aromatic N) is 1. The van der Waals surface area contributed by atoms with Crippen LogP contribution in [0.3, 0.4) is 0 Å². The molecule has 0 saturated heterocycles. The van der Waals surface area contributed by atoms with Gasteiger partial charge < -0.3 is 9.64 Å². The molecule has 0 heterocycles. The molecular formula is C36H30F2N2O5S. The fourth-order valence-corrected chi connectivity index (χ4v) is 5.75. The number of rotatable bonds is 11. The second-order valence-electron chi connectivity index (χ2n) is 10.6. The predicted molar refractivity (Wildman–Crippen MR) is 173 cm³/mol. The van der Waals surface area contributed by atoms with E-state index in [-0.39, 0.29) is 12.5 Å². The van der Waals surface area contributed by atoms with Crippen LogP contribution in [0.1, 0.15) is 27.0 Å². The van der Waals surface area contributed by atoms with E-state index in [0.717, 1.165) is 34.0 Å². The molecule has 0 aliphatic heterocycles.